The Morgan fingerprint density at radius 2 is 1.42 bits per heavy atom. The van der Waals surface area contributed by atoms with Crippen molar-refractivity contribution >= 4 is 75.4 Å². The minimum atomic E-state index is -0.0592. The number of aromatic nitrogens is 1. The van der Waals surface area contributed by atoms with Crippen LogP contribution in [-0.2, 0) is 5.41 Å². The number of hydrogen-bond donors (Lipinski definition) is 1. The molecule has 55 heavy (non-hydrogen) atoms. The summed E-state index contributed by atoms with van der Waals surface area (Å²) in [5, 5.41) is 11.7. The summed E-state index contributed by atoms with van der Waals surface area (Å²) < 4.78 is 5.14. The lowest BCUT2D eigenvalue weighted by molar-refractivity contribution is 0.601. The first-order chi connectivity index (χ1) is 27.0. The molecule has 2 aliphatic carbocycles. The predicted molar refractivity (Wildman–Crippen MR) is 235 cm³/mol. The molecule has 0 amide bonds. The first-order valence-electron chi connectivity index (χ1n) is 19.2. The molecule has 0 saturated carbocycles. The topological polar surface area (TPSA) is 17.0 Å². The molecule has 0 saturated heterocycles. The van der Waals surface area contributed by atoms with Gasteiger partial charge < -0.3 is 9.88 Å². The molecule has 7 aromatic carbocycles. The van der Waals surface area contributed by atoms with Crippen molar-refractivity contribution in [2.24, 2.45) is 0 Å². The second-order valence-electron chi connectivity index (χ2n) is 15.7. The number of nitrogens with one attached hydrogen (secondary N) is 1. The maximum absolute atomic E-state index is 3.96. The van der Waals surface area contributed by atoms with Crippen LogP contribution in [0.1, 0.15) is 30.5 Å². The third-order valence-electron chi connectivity index (χ3n) is 12.4. The molecule has 12 rings (SSSR count). The van der Waals surface area contributed by atoms with Gasteiger partial charge >= 0.3 is 0 Å². The Labute approximate surface area is 323 Å². The number of dihydropyridines is 1. The fraction of sp³-hybridized carbons (Fsp3) is 0.0769. The summed E-state index contributed by atoms with van der Waals surface area (Å²) in [7, 11) is 0. The molecular formula is C52H36N2S. The standard InChI is InChI=1S/C52H36N2S/c1-52(2)42-20-7-5-16-37(42)40-30-45(53-44-22-11-21-43(52)50(40)44)33-13-9-14-34(28-33)54-46-26-25-32(29-41(46)49-35-15-4-3-12-31(35)24-27-47(49)54)36-18-10-19-39-38-17-6-8-23-48(38)55-51(36)39/h3-30,44,53H,1-2H3. The highest BCUT2D eigenvalue weighted by atomic mass is 32.1. The Kier molecular flexibility index (Phi) is 6.37. The smallest absolute Gasteiger partial charge is 0.0710 e. The quantitative estimate of drug-likeness (QED) is 0.192. The second kappa shape index (κ2) is 11.3. The van der Waals surface area contributed by atoms with Gasteiger partial charge in [0.2, 0.25) is 0 Å². The van der Waals surface area contributed by atoms with Crippen LogP contribution in [0.25, 0.3) is 80.8 Å². The van der Waals surface area contributed by atoms with E-state index < -0.39 is 0 Å². The monoisotopic (exact) mass is 720 g/mol. The van der Waals surface area contributed by atoms with Gasteiger partial charge in [0.15, 0.2) is 0 Å². The lowest BCUT2D eigenvalue weighted by Gasteiger charge is -2.43. The Hall–Kier alpha value is -6.42. The molecule has 1 unspecified atom stereocenters. The highest BCUT2D eigenvalue weighted by Crippen LogP contribution is 2.51. The van der Waals surface area contributed by atoms with Crippen LogP contribution in [-0.4, -0.2) is 10.6 Å². The molecule has 2 aromatic heterocycles. The summed E-state index contributed by atoms with van der Waals surface area (Å²) in [4.78, 5) is 0. The summed E-state index contributed by atoms with van der Waals surface area (Å²) in [6.07, 6.45) is 9.27. The van der Waals surface area contributed by atoms with Gasteiger partial charge in [0.05, 0.1) is 17.1 Å². The normalized spacial score (nSPS) is 17.1. The minimum Gasteiger partial charge on any atom is -0.374 e. The summed E-state index contributed by atoms with van der Waals surface area (Å²) >= 11 is 1.89. The number of thiophene rings is 1. The molecule has 3 heterocycles. The average Bonchev–Trinajstić information content (AvgIpc) is 3.78. The average molecular weight is 721 g/mol. The van der Waals surface area contributed by atoms with E-state index in [1.165, 1.54) is 97.3 Å². The zero-order chi connectivity index (χ0) is 36.4. The van der Waals surface area contributed by atoms with E-state index in [-0.39, 0.29) is 11.5 Å². The van der Waals surface area contributed by atoms with Crippen molar-refractivity contribution in [3.05, 3.63) is 198 Å². The van der Waals surface area contributed by atoms with Gasteiger partial charge in [-0.05, 0) is 97.8 Å². The Morgan fingerprint density at radius 1 is 0.636 bits per heavy atom. The van der Waals surface area contributed by atoms with Crippen LogP contribution in [0.3, 0.4) is 0 Å². The molecule has 1 N–H and O–H groups in total. The van der Waals surface area contributed by atoms with Crippen LogP contribution in [0, 0.1) is 0 Å². The Balaban J connectivity index is 1.06. The SMILES string of the molecule is CC1(C)C2=CC=CC3NC(c4cccc(-n5c6ccc(-c7cccc8c7sc7ccccc78)cc6c6c7ccccc7ccc65)c4)=CC(=C23)c2ccccc21. The fourth-order valence-electron chi connectivity index (χ4n) is 9.85. The molecule has 0 spiro atoms. The van der Waals surface area contributed by atoms with Gasteiger partial charge in [0, 0.05) is 47.7 Å². The molecule has 3 heteroatoms. The Morgan fingerprint density at radius 3 is 2.36 bits per heavy atom. The first-order valence-corrected chi connectivity index (χ1v) is 20.0. The van der Waals surface area contributed by atoms with Crippen molar-refractivity contribution in [3.8, 4) is 16.8 Å². The Bertz CT molecular complexity index is 3270. The van der Waals surface area contributed by atoms with Crippen molar-refractivity contribution in [2.45, 2.75) is 25.3 Å². The highest BCUT2D eigenvalue weighted by molar-refractivity contribution is 7.26. The van der Waals surface area contributed by atoms with Crippen LogP contribution < -0.4 is 5.32 Å². The summed E-state index contributed by atoms with van der Waals surface area (Å²) in [6.45, 7) is 4.73. The van der Waals surface area contributed by atoms with Crippen LogP contribution >= 0.6 is 11.3 Å². The summed E-state index contributed by atoms with van der Waals surface area (Å²) in [5.41, 5.74) is 15.3. The van der Waals surface area contributed by atoms with Gasteiger partial charge in [-0.3, -0.25) is 0 Å². The van der Waals surface area contributed by atoms with Crippen LogP contribution in [0.2, 0.25) is 0 Å². The lowest BCUT2D eigenvalue weighted by atomic mass is 9.63. The van der Waals surface area contributed by atoms with E-state index in [0.717, 1.165) is 11.4 Å². The number of allylic oxidation sites excluding steroid dienone is 4. The van der Waals surface area contributed by atoms with Crippen molar-refractivity contribution in [3.63, 3.8) is 0 Å². The third-order valence-corrected chi connectivity index (χ3v) is 13.6. The molecule has 9 aromatic rings. The van der Waals surface area contributed by atoms with Crippen molar-refractivity contribution < 1.29 is 0 Å². The molecule has 260 valence electrons. The van der Waals surface area contributed by atoms with Gasteiger partial charge in [-0.15, -0.1) is 11.3 Å². The van der Waals surface area contributed by atoms with Gasteiger partial charge in [0.25, 0.3) is 0 Å². The highest BCUT2D eigenvalue weighted by Gasteiger charge is 2.40. The molecule has 2 nitrogen and oxygen atoms in total. The predicted octanol–water partition coefficient (Wildman–Crippen LogP) is 13.5. The molecule has 1 atom stereocenters. The van der Waals surface area contributed by atoms with E-state index in [0.29, 0.717) is 0 Å². The fourth-order valence-corrected chi connectivity index (χ4v) is 11.1. The number of hydrogen-bond acceptors (Lipinski definition) is 2. The number of nitrogens with zero attached hydrogens (tertiary/aromatic N) is 1. The van der Waals surface area contributed by atoms with E-state index in [9.17, 15) is 0 Å². The number of benzene rings is 7. The number of fused-ring (bicyclic) bond motifs is 10. The van der Waals surface area contributed by atoms with Crippen LogP contribution in [0.5, 0.6) is 0 Å². The largest absolute Gasteiger partial charge is 0.374 e. The number of rotatable bonds is 3. The maximum atomic E-state index is 3.96. The van der Waals surface area contributed by atoms with Crippen molar-refractivity contribution in [1.29, 1.82) is 0 Å². The lowest BCUT2D eigenvalue weighted by Crippen LogP contribution is -2.40. The van der Waals surface area contributed by atoms with Crippen molar-refractivity contribution in [1.82, 2.24) is 9.88 Å². The zero-order valence-corrected chi connectivity index (χ0v) is 31.4. The molecule has 0 fully saturated rings. The van der Waals surface area contributed by atoms with Crippen LogP contribution in [0.15, 0.2) is 181 Å². The minimum absolute atomic E-state index is 0.0592. The summed E-state index contributed by atoms with van der Waals surface area (Å²) in [5.74, 6) is 0. The molecule has 3 aliphatic rings. The van der Waals surface area contributed by atoms with E-state index in [1.807, 2.05) is 11.3 Å². The third kappa shape index (κ3) is 4.36. The van der Waals surface area contributed by atoms with E-state index in [4.69, 9.17) is 0 Å². The molecule has 1 aliphatic heterocycles. The van der Waals surface area contributed by atoms with Crippen molar-refractivity contribution in [2.75, 3.05) is 0 Å². The van der Waals surface area contributed by atoms with Gasteiger partial charge in [-0.1, -0.05) is 141 Å². The molecule has 0 bridgehead atoms. The van der Waals surface area contributed by atoms with Gasteiger partial charge in [-0.2, -0.15) is 0 Å². The molecule has 0 radical (unpaired) electrons. The van der Waals surface area contributed by atoms with Gasteiger partial charge in [-0.25, -0.2) is 0 Å². The van der Waals surface area contributed by atoms with E-state index in [1.54, 1.807) is 0 Å². The van der Waals surface area contributed by atoms with Gasteiger partial charge in [0.1, 0.15) is 0 Å². The second-order valence-corrected chi connectivity index (χ2v) is 16.8. The zero-order valence-electron chi connectivity index (χ0n) is 30.6. The maximum Gasteiger partial charge on any atom is 0.0710 e. The van der Waals surface area contributed by atoms with E-state index >= 15 is 0 Å². The first kappa shape index (κ1) is 31.0. The summed E-state index contributed by atoms with van der Waals surface area (Å²) in [6, 6.07) is 54.3. The molecular weight excluding hydrogens is 685 g/mol. The van der Waals surface area contributed by atoms with Crippen LogP contribution in [0.4, 0.5) is 0 Å². The van der Waals surface area contributed by atoms with E-state index in [2.05, 4.69) is 194 Å².